The van der Waals surface area contributed by atoms with Gasteiger partial charge in [-0.1, -0.05) is 17.7 Å². The molecule has 1 aromatic heterocycles. The molecule has 2 N–H and O–H groups in total. The van der Waals surface area contributed by atoms with E-state index < -0.39 is 11.9 Å². The Labute approximate surface area is 149 Å². The average Bonchev–Trinajstić information content (AvgIpc) is 2.61. The number of rotatable bonds is 3. The number of nitrogens with zero attached hydrogens (tertiary/aromatic N) is 3. The van der Waals surface area contributed by atoms with Crippen LogP contribution in [0.5, 0.6) is 0 Å². The Bertz CT molecular complexity index is 802. The lowest BCUT2D eigenvalue weighted by Gasteiger charge is -2.30. The topological polar surface area (TPSA) is 78.4 Å². The molecule has 6 nitrogen and oxygen atoms in total. The van der Waals surface area contributed by atoms with Crippen LogP contribution in [0.2, 0.25) is 5.02 Å². The molecule has 2 aromatic rings. The standard InChI is InChI=1S/C17H18ClFN4O2/c1-10-20-7-12-4-5-23(8-15(12)21-10)17(25)22-16(9-24)11-2-3-13(18)14(19)6-11/h2-3,6-7,16,24H,4-5,8-9H2,1H3,(H,22,25)/t16-/m1/s1. The Balaban J connectivity index is 1.71. The first kappa shape index (κ1) is 17.6. The van der Waals surface area contributed by atoms with Crippen molar-refractivity contribution in [3.63, 3.8) is 0 Å². The largest absolute Gasteiger partial charge is 0.394 e. The van der Waals surface area contributed by atoms with Crippen LogP contribution >= 0.6 is 11.6 Å². The summed E-state index contributed by atoms with van der Waals surface area (Å²) < 4.78 is 13.6. The SMILES string of the molecule is Cc1ncc2c(n1)CN(C(=O)N[C@H](CO)c1ccc(Cl)c(F)c1)CC2. The van der Waals surface area contributed by atoms with Crippen LogP contribution in [0.1, 0.15) is 28.7 Å². The van der Waals surface area contributed by atoms with E-state index >= 15 is 0 Å². The summed E-state index contributed by atoms with van der Waals surface area (Å²) in [4.78, 5) is 22.7. The van der Waals surface area contributed by atoms with Crippen LogP contribution < -0.4 is 5.32 Å². The number of aromatic nitrogens is 2. The van der Waals surface area contributed by atoms with Gasteiger partial charge < -0.3 is 15.3 Å². The van der Waals surface area contributed by atoms with Gasteiger partial charge in [-0.3, -0.25) is 0 Å². The van der Waals surface area contributed by atoms with Crippen molar-refractivity contribution in [1.29, 1.82) is 0 Å². The van der Waals surface area contributed by atoms with Gasteiger partial charge in [-0.25, -0.2) is 19.2 Å². The number of carbonyl (C=O) groups excluding carboxylic acids is 1. The Morgan fingerprint density at radius 1 is 1.52 bits per heavy atom. The van der Waals surface area contributed by atoms with Gasteiger partial charge in [-0.05, 0) is 36.6 Å². The summed E-state index contributed by atoms with van der Waals surface area (Å²) in [5.74, 6) is 0.0665. The van der Waals surface area contributed by atoms with Crippen molar-refractivity contribution in [3.05, 3.63) is 57.9 Å². The van der Waals surface area contributed by atoms with Crippen LogP contribution in [0.3, 0.4) is 0 Å². The van der Waals surface area contributed by atoms with Crippen molar-refractivity contribution in [2.45, 2.75) is 25.9 Å². The number of urea groups is 1. The molecule has 1 aromatic carbocycles. The van der Waals surface area contributed by atoms with E-state index in [-0.39, 0.29) is 17.7 Å². The number of carbonyl (C=O) groups is 1. The summed E-state index contributed by atoms with van der Waals surface area (Å²) >= 11 is 5.67. The maximum Gasteiger partial charge on any atom is 0.318 e. The van der Waals surface area contributed by atoms with Crippen molar-refractivity contribution in [3.8, 4) is 0 Å². The Morgan fingerprint density at radius 2 is 2.32 bits per heavy atom. The number of hydrogen-bond donors (Lipinski definition) is 2. The predicted octanol–water partition coefficient (Wildman–Crippen LogP) is 2.38. The number of amides is 2. The van der Waals surface area contributed by atoms with E-state index in [1.807, 2.05) is 0 Å². The molecule has 1 aliphatic heterocycles. The number of hydrogen-bond acceptors (Lipinski definition) is 4. The summed E-state index contributed by atoms with van der Waals surface area (Å²) in [6, 6.07) is 3.14. The molecule has 0 aliphatic carbocycles. The monoisotopic (exact) mass is 364 g/mol. The van der Waals surface area contributed by atoms with E-state index in [2.05, 4.69) is 15.3 Å². The summed E-state index contributed by atoms with van der Waals surface area (Å²) in [6.45, 7) is 2.35. The Morgan fingerprint density at radius 3 is 3.04 bits per heavy atom. The quantitative estimate of drug-likeness (QED) is 0.876. The lowest BCUT2D eigenvalue weighted by atomic mass is 10.1. The van der Waals surface area contributed by atoms with Gasteiger partial charge in [0.25, 0.3) is 0 Å². The van der Waals surface area contributed by atoms with Crippen LogP contribution in [0.25, 0.3) is 0 Å². The summed E-state index contributed by atoms with van der Waals surface area (Å²) in [5, 5.41) is 12.3. The third-order valence-electron chi connectivity index (χ3n) is 4.18. The first-order valence-electron chi connectivity index (χ1n) is 7.90. The van der Waals surface area contributed by atoms with Crippen LogP contribution in [-0.2, 0) is 13.0 Å². The minimum atomic E-state index is -0.715. The smallest absolute Gasteiger partial charge is 0.318 e. The van der Waals surface area contributed by atoms with Gasteiger partial charge in [0.1, 0.15) is 11.6 Å². The maximum absolute atomic E-state index is 13.6. The summed E-state index contributed by atoms with van der Waals surface area (Å²) in [5.41, 5.74) is 2.31. The number of aliphatic hydroxyl groups excluding tert-OH is 1. The molecule has 0 saturated carbocycles. The molecule has 2 amide bonds. The molecule has 0 radical (unpaired) electrons. The molecule has 25 heavy (non-hydrogen) atoms. The normalized spacial score (nSPS) is 14.8. The van der Waals surface area contributed by atoms with Crippen LogP contribution in [-0.4, -0.2) is 39.2 Å². The average molecular weight is 365 g/mol. The minimum Gasteiger partial charge on any atom is -0.394 e. The van der Waals surface area contributed by atoms with Gasteiger partial charge in [0.15, 0.2) is 0 Å². The van der Waals surface area contributed by atoms with Crippen molar-refractivity contribution in [1.82, 2.24) is 20.2 Å². The molecule has 0 unspecified atom stereocenters. The number of halogens is 2. The Kier molecular flexibility index (Phi) is 5.15. The fourth-order valence-electron chi connectivity index (χ4n) is 2.78. The zero-order valence-corrected chi connectivity index (χ0v) is 14.4. The summed E-state index contributed by atoms with van der Waals surface area (Å²) in [7, 11) is 0. The van der Waals surface area contributed by atoms with Gasteiger partial charge in [-0.15, -0.1) is 0 Å². The second-order valence-electron chi connectivity index (χ2n) is 5.92. The molecule has 8 heteroatoms. The molecule has 3 rings (SSSR count). The van der Waals surface area contributed by atoms with Gasteiger partial charge in [0.05, 0.1) is 29.9 Å². The zero-order chi connectivity index (χ0) is 18.0. The molecule has 132 valence electrons. The van der Waals surface area contributed by atoms with Gasteiger partial charge in [0, 0.05) is 12.7 Å². The number of aliphatic hydroxyl groups is 1. The first-order valence-corrected chi connectivity index (χ1v) is 8.28. The molecular weight excluding hydrogens is 347 g/mol. The third-order valence-corrected chi connectivity index (χ3v) is 4.49. The number of fused-ring (bicyclic) bond motifs is 1. The maximum atomic E-state index is 13.6. The highest BCUT2D eigenvalue weighted by Gasteiger charge is 2.24. The fourth-order valence-corrected chi connectivity index (χ4v) is 2.90. The molecule has 1 aliphatic rings. The number of aryl methyl sites for hydroxylation is 1. The number of nitrogens with one attached hydrogen (secondary N) is 1. The van der Waals surface area contributed by atoms with E-state index in [1.165, 1.54) is 12.1 Å². The van der Waals surface area contributed by atoms with Crippen molar-refractivity contribution in [2.75, 3.05) is 13.2 Å². The minimum absolute atomic E-state index is 0.00513. The van der Waals surface area contributed by atoms with E-state index in [0.717, 1.165) is 11.3 Å². The van der Waals surface area contributed by atoms with Gasteiger partial charge in [0.2, 0.25) is 0 Å². The van der Waals surface area contributed by atoms with E-state index in [4.69, 9.17) is 11.6 Å². The fraction of sp³-hybridized carbons (Fsp3) is 0.353. The van der Waals surface area contributed by atoms with Crippen LogP contribution in [0.4, 0.5) is 9.18 Å². The molecule has 0 spiro atoms. The van der Waals surface area contributed by atoms with Gasteiger partial charge in [-0.2, -0.15) is 0 Å². The summed E-state index contributed by atoms with van der Waals surface area (Å²) in [6.07, 6.45) is 2.46. The molecular formula is C17H18ClFN4O2. The van der Waals surface area contributed by atoms with Crippen molar-refractivity contribution >= 4 is 17.6 Å². The molecule has 0 fully saturated rings. The second kappa shape index (κ2) is 7.33. The van der Waals surface area contributed by atoms with Crippen molar-refractivity contribution in [2.24, 2.45) is 0 Å². The highest BCUT2D eigenvalue weighted by atomic mass is 35.5. The Hall–Kier alpha value is -2.25. The number of benzene rings is 1. The lowest BCUT2D eigenvalue weighted by molar-refractivity contribution is 0.176. The molecule has 0 saturated heterocycles. The molecule has 0 bridgehead atoms. The van der Waals surface area contributed by atoms with Gasteiger partial charge >= 0.3 is 6.03 Å². The third kappa shape index (κ3) is 3.88. The van der Waals surface area contributed by atoms with Crippen LogP contribution in [0, 0.1) is 12.7 Å². The first-order chi connectivity index (χ1) is 12.0. The highest BCUT2D eigenvalue weighted by Crippen LogP contribution is 2.21. The van der Waals surface area contributed by atoms with E-state index in [1.54, 1.807) is 24.1 Å². The van der Waals surface area contributed by atoms with E-state index in [0.29, 0.717) is 30.9 Å². The zero-order valence-electron chi connectivity index (χ0n) is 13.7. The highest BCUT2D eigenvalue weighted by molar-refractivity contribution is 6.30. The molecule has 2 heterocycles. The van der Waals surface area contributed by atoms with E-state index in [9.17, 15) is 14.3 Å². The van der Waals surface area contributed by atoms with Crippen molar-refractivity contribution < 1.29 is 14.3 Å². The second-order valence-corrected chi connectivity index (χ2v) is 6.33. The molecule has 1 atom stereocenters. The predicted molar refractivity (Wildman–Crippen MR) is 90.7 cm³/mol. The lowest BCUT2D eigenvalue weighted by Crippen LogP contribution is -2.45. The van der Waals surface area contributed by atoms with Crippen LogP contribution in [0.15, 0.2) is 24.4 Å².